The van der Waals surface area contributed by atoms with Gasteiger partial charge in [-0.25, -0.2) is 9.67 Å². The van der Waals surface area contributed by atoms with Crippen molar-refractivity contribution in [2.45, 2.75) is 13.0 Å². The van der Waals surface area contributed by atoms with Crippen molar-refractivity contribution in [1.29, 1.82) is 0 Å². The summed E-state index contributed by atoms with van der Waals surface area (Å²) in [6, 6.07) is 12.4. The summed E-state index contributed by atoms with van der Waals surface area (Å²) in [5, 5.41) is 7.85. The summed E-state index contributed by atoms with van der Waals surface area (Å²) in [4.78, 5) is 16.0. The molecule has 134 valence electrons. The third kappa shape index (κ3) is 4.53. The number of hydrogen-bond acceptors (Lipinski definition) is 4. The second-order valence-electron chi connectivity index (χ2n) is 5.58. The summed E-state index contributed by atoms with van der Waals surface area (Å²) in [7, 11) is 0. The smallest absolute Gasteiger partial charge is 0.258 e. The lowest BCUT2D eigenvalue weighted by atomic mass is 10.1. The Kier molecular flexibility index (Phi) is 5.75. The van der Waals surface area contributed by atoms with Gasteiger partial charge in [0.2, 0.25) is 0 Å². The van der Waals surface area contributed by atoms with Gasteiger partial charge in [-0.3, -0.25) is 4.79 Å². The number of carbonyl (C=O) groups excluding carboxylic acids is 1. The van der Waals surface area contributed by atoms with Crippen LogP contribution in [0.3, 0.4) is 0 Å². The lowest BCUT2D eigenvalue weighted by molar-refractivity contribution is -0.123. The van der Waals surface area contributed by atoms with Gasteiger partial charge in [-0.1, -0.05) is 35.3 Å². The molecule has 1 atom stereocenters. The highest BCUT2D eigenvalue weighted by atomic mass is 35.5. The van der Waals surface area contributed by atoms with Crippen molar-refractivity contribution in [3.63, 3.8) is 0 Å². The zero-order chi connectivity index (χ0) is 18.5. The largest absolute Gasteiger partial charge is 0.482 e. The Morgan fingerprint density at radius 1 is 1.23 bits per heavy atom. The minimum Gasteiger partial charge on any atom is -0.482 e. The zero-order valence-electron chi connectivity index (χ0n) is 13.9. The molecular weight excluding hydrogens is 375 g/mol. The SMILES string of the molecule is C[C@H](NC(=O)COc1cc(Cl)ccc1Cl)c1ccc(-n2cncn2)cc1. The third-order valence-electron chi connectivity index (χ3n) is 3.71. The average Bonchev–Trinajstić information content (AvgIpc) is 3.17. The van der Waals surface area contributed by atoms with Gasteiger partial charge in [-0.15, -0.1) is 0 Å². The van der Waals surface area contributed by atoms with Crippen LogP contribution >= 0.6 is 23.2 Å². The predicted molar refractivity (Wildman–Crippen MR) is 99.9 cm³/mol. The molecule has 26 heavy (non-hydrogen) atoms. The van der Waals surface area contributed by atoms with Gasteiger partial charge in [0, 0.05) is 11.1 Å². The molecule has 6 nitrogen and oxygen atoms in total. The summed E-state index contributed by atoms with van der Waals surface area (Å²) >= 11 is 11.9. The molecule has 1 amide bonds. The number of rotatable bonds is 6. The Hall–Kier alpha value is -2.57. The van der Waals surface area contributed by atoms with Crippen molar-refractivity contribution >= 4 is 29.1 Å². The van der Waals surface area contributed by atoms with E-state index in [4.69, 9.17) is 27.9 Å². The van der Waals surface area contributed by atoms with Crippen molar-refractivity contribution in [3.05, 3.63) is 70.7 Å². The Labute approximate surface area is 160 Å². The number of nitrogens with zero attached hydrogens (tertiary/aromatic N) is 3. The first-order valence-corrected chi connectivity index (χ1v) is 8.60. The van der Waals surface area contributed by atoms with E-state index in [-0.39, 0.29) is 18.6 Å². The Bertz CT molecular complexity index is 883. The van der Waals surface area contributed by atoms with Crippen LogP contribution in [0.4, 0.5) is 0 Å². The van der Waals surface area contributed by atoms with Crippen molar-refractivity contribution in [2.75, 3.05) is 6.61 Å². The van der Waals surface area contributed by atoms with Crippen LogP contribution in [0.5, 0.6) is 5.75 Å². The van der Waals surface area contributed by atoms with Crippen LogP contribution in [0.1, 0.15) is 18.5 Å². The van der Waals surface area contributed by atoms with Gasteiger partial charge in [0.05, 0.1) is 16.8 Å². The molecule has 3 aromatic rings. The molecule has 0 unspecified atom stereocenters. The lowest BCUT2D eigenvalue weighted by Crippen LogP contribution is -2.31. The number of nitrogens with one attached hydrogen (secondary N) is 1. The first-order chi connectivity index (χ1) is 12.5. The van der Waals surface area contributed by atoms with E-state index in [1.54, 1.807) is 29.2 Å². The Morgan fingerprint density at radius 2 is 2.00 bits per heavy atom. The van der Waals surface area contributed by atoms with Crippen LogP contribution in [-0.2, 0) is 4.79 Å². The third-order valence-corrected chi connectivity index (χ3v) is 4.25. The quantitative estimate of drug-likeness (QED) is 0.694. The van der Waals surface area contributed by atoms with E-state index in [2.05, 4.69) is 15.4 Å². The fraction of sp³-hybridized carbons (Fsp3) is 0.167. The van der Waals surface area contributed by atoms with Crippen LogP contribution in [-0.4, -0.2) is 27.3 Å². The van der Waals surface area contributed by atoms with E-state index in [9.17, 15) is 4.79 Å². The van der Waals surface area contributed by atoms with Gasteiger partial charge < -0.3 is 10.1 Å². The number of amides is 1. The van der Waals surface area contributed by atoms with Gasteiger partial charge in [0.15, 0.2) is 6.61 Å². The second-order valence-corrected chi connectivity index (χ2v) is 6.43. The molecule has 0 spiro atoms. The summed E-state index contributed by atoms with van der Waals surface area (Å²) in [6.07, 6.45) is 3.10. The number of hydrogen-bond donors (Lipinski definition) is 1. The van der Waals surface area contributed by atoms with Crippen LogP contribution < -0.4 is 10.1 Å². The van der Waals surface area contributed by atoms with Gasteiger partial charge >= 0.3 is 0 Å². The van der Waals surface area contributed by atoms with Crippen LogP contribution in [0.25, 0.3) is 5.69 Å². The standard InChI is InChI=1S/C18H16Cl2N4O2/c1-12(13-2-5-15(6-3-13)24-11-21-10-22-24)23-18(25)9-26-17-8-14(19)4-7-16(17)20/h2-8,10-12H,9H2,1H3,(H,23,25)/t12-/m0/s1. The fourth-order valence-corrected chi connectivity index (χ4v) is 2.69. The summed E-state index contributed by atoms with van der Waals surface area (Å²) in [6.45, 7) is 1.75. The van der Waals surface area contributed by atoms with Crippen LogP contribution in [0.15, 0.2) is 55.1 Å². The zero-order valence-corrected chi connectivity index (χ0v) is 15.4. The monoisotopic (exact) mass is 390 g/mol. The minimum atomic E-state index is -0.256. The first-order valence-electron chi connectivity index (χ1n) is 7.85. The van der Waals surface area contributed by atoms with Crippen molar-refractivity contribution in [1.82, 2.24) is 20.1 Å². The molecular formula is C18H16Cl2N4O2. The van der Waals surface area contributed by atoms with Crippen molar-refractivity contribution < 1.29 is 9.53 Å². The van der Waals surface area contributed by atoms with E-state index in [1.165, 1.54) is 6.33 Å². The highest BCUT2D eigenvalue weighted by Gasteiger charge is 2.12. The maximum absolute atomic E-state index is 12.1. The molecule has 8 heteroatoms. The molecule has 0 radical (unpaired) electrons. The molecule has 0 saturated carbocycles. The molecule has 0 aliphatic heterocycles. The minimum absolute atomic E-state index is 0.151. The average molecular weight is 391 g/mol. The summed E-state index contributed by atoms with van der Waals surface area (Å²) in [5.74, 6) is 0.119. The molecule has 3 rings (SSSR count). The number of aromatic nitrogens is 3. The Morgan fingerprint density at radius 3 is 2.69 bits per heavy atom. The van der Waals surface area contributed by atoms with Crippen molar-refractivity contribution in [3.8, 4) is 11.4 Å². The summed E-state index contributed by atoms with van der Waals surface area (Å²) < 4.78 is 7.10. The maximum Gasteiger partial charge on any atom is 0.258 e. The molecule has 1 heterocycles. The molecule has 1 N–H and O–H groups in total. The fourth-order valence-electron chi connectivity index (χ4n) is 2.35. The predicted octanol–water partition coefficient (Wildman–Crippen LogP) is 3.83. The topological polar surface area (TPSA) is 69.0 Å². The molecule has 2 aromatic carbocycles. The van der Waals surface area contributed by atoms with E-state index < -0.39 is 0 Å². The second kappa shape index (κ2) is 8.21. The van der Waals surface area contributed by atoms with Gasteiger partial charge in [0.1, 0.15) is 18.4 Å². The molecule has 0 aliphatic carbocycles. The number of ether oxygens (including phenoxy) is 1. The highest BCUT2D eigenvalue weighted by molar-refractivity contribution is 6.34. The van der Waals surface area contributed by atoms with Gasteiger partial charge in [-0.05, 0) is 36.8 Å². The number of benzene rings is 2. The van der Waals surface area contributed by atoms with E-state index in [0.29, 0.717) is 15.8 Å². The van der Waals surface area contributed by atoms with Gasteiger partial charge in [0.25, 0.3) is 5.91 Å². The lowest BCUT2D eigenvalue weighted by Gasteiger charge is -2.15. The number of halogens is 2. The highest BCUT2D eigenvalue weighted by Crippen LogP contribution is 2.27. The molecule has 0 bridgehead atoms. The number of carbonyl (C=O) groups is 1. The maximum atomic E-state index is 12.1. The van der Waals surface area contributed by atoms with E-state index >= 15 is 0 Å². The van der Waals surface area contributed by atoms with E-state index in [0.717, 1.165) is 11.3 Å². The van der Waals surface area contributed by atoms with Gasteiger partial charge in [-0.2, -0.15) is 5.10 Å². The molecule has 1 aromatic heterocycles. The normalized spacial score (nSPS) is 11.8. The van der Waals surface area contributed by atoms with Crippen LogP contribution in [0.2, 0.25) is 10.0 Å². The van der Waals surface area contributed by atoms with E-state index in [1.807, 2.05) is 31.2 Å². The first kappa shape index (κ1) is 18.2. The molecule has 0 saturated heterocycles. The molecule has 0 fully saturated rings. The van der Waals surface area contributed by atoms with Crippen LogP contribution in [0, 0.1) is 0 Å². The summed E-state index contributed by atoms with van der Waals surface area (Å²) in [5.41, 5.74) is 1.85. The molecule has 0 aliphatic rings. The Balaban J connectivity index is 1.56. The van der Waals surface area contributed by atoms with Crippen molar-refractivity contribution in [2.24, 2.45) is 0 Å².